The fourth-order valence-electron chi connectivity index (χ4n) is 2.01. The Morgan fingerprint density at radius 3 is 2.45 bits per heavy atom. The molecule has 1 aromatic carbocycles. The Hall–Kier alpha value is -1.55. The zero-order valence-corrected chi connectivity index (χ0v) is 12.2. The number of carboxylic acid groups (broad SMARTS) is 1. The smallest absolute Gasteiger partial charge is 0.305 e. The summed E-state index contributed by atoms with van der Waals surface area (Å²) >= 11 is 0. The highest BCUT2D eigenvalue weighted by Crippen LogP contribution is 2.18. The minimum absolute atomic E-state index is 0.0579. The van der Waals surface area contributed by atoms with Crippen LogP contribution in [0.25, 0.3) is 0 Å². The first-order chi connectivity index (χ1) is 9.63. The largest absolute Gasteiger partial charge is 0.494 e. The van der Waals surface area contributed by atoms with Crippen LogP contribution in [-0.4, -0.2) is 17.7 Å². The summed E-state index contributed by atoms with van der Waals surface area (Å²) in [5, 5.41) is 8.70. The molecule has 0 aliphatic carbocycles. The molecule has 1 atom stereocenters. The Labute approximate surface area is 120 Å². The summed E-state index contributed by atoms with van der Waals surface area (Å²) in [5.41, 5.74) is 6.61. The highest BCUT2D eigenvalue weighted by Gasteiger charge is 2.10. The maximum absolute atomic E-state index is 10.6. The summed E-state index contributed by atoms with van der Waals surface area (Å²) in [7, 11) is 0. The predicted octanol–water partition coefficient (Wildman–Crippen LogP) is 3.51. The molecule has 0 aromatic heterocycles. The minimum Gasteiger partial charge on any atom is -0.494 e. The molecule has 0 unspecified atom stereocenters. The van der Waals surface area contributed by atoms with Gasteiger partial charge in [-0.2, -0.15) is 0 Å². The molecule has 0 saturated heterocycles. The van der Waals surface area contributed by atoms with E-state index in [1.165, 1.54) is 25.7 Å². The first-order valence-corrected chi connectivity index (χ1v) is 7.33. The summed E-state index contributed by atoms with van der Waals surface area (Å²) in [6.45, 7) is 2.93. The number of nitrogens with two attached hydrogens (primary N) is 1. The van der Waals surface area contributed by atoms with Crippen molar-refractivity contribution in [1.82, 2.24) is 0 Å². The van der Waals surface area contributed by atoms with Crippen molar-refractivity contribution in [1.29, 1.82) is 0 Å². The van der Waals surface area contributed by atoms with Gasteiger partial charge in [0, 0.05) is 6.04 Å². The molecule has 0 aliphatic rings. The number of aliphatic carboxylic acids is 1. The predicted molar refractivity (Wildman–Crippen MR) is 79.9 cm³/mol. The van der Waals surface area contributed by atoms with E-state index in [-0.39, 0.29) is 6.42 Å². The zero-order chi connectivity index (χ0) is 14.8. The third-order valence-corrected chi connectivity index (χ3v) is 3.22. The Balaban J connectivity index is 2.29. The number of rotatable bonds is 10. The van der Waals surface area contributed by atoms with Gasteiger partial charge in [-0.3, -0.25) is 4.79 Å². The number of carboxylic acids is 1. The summed E-state index contributed by atoms with van der Waals surface area (Å²) in [5.74, 6) is -0.0725. The third kappa shape index (κ3) is 6.57. The first kappa shape index (κ1) is 16.5. The summed E-state index contributed by atoms with van der Waals surface area (Å²) in [6.07, 6.45) is 6.02. The average Bonchev–Trinajstić information content (AvgIpc) is 2.42. The molecule has 112 valence electrons. The molecule has 0 aliphatic heterocycles. The lowest BCUT2D eigenvalue weighted by atomic mass is 10.0. The van der Waals surface area contributed by atoms with Crippen molar-refractivity contribution in [2.45, 2.75) is 51.5 Å². The molecule has 4 nitrogen and oxygen atoms in total. The van der Waals surface area contributed by atoms with E-state index >= 15 is 0 Å². The van der Waals surface area contributed by atoms with Gasteiger partial charge in [-0.1, -0.05) is 44.7 Å². The fourth-order valence-corrected chi connectivity index (χ4v) is 2.01. The van der Waals surface area contributed by atoms with Gasteiger partial charge in [0.25, 0.3) is 0 Å². The van der Waals surface area contributed by atoms with Gasteiger partial charge in [-0.05, 0) is 24.1 Å². The van der Waals surface area contributed by atoms with E-state index in [0.717, 1.165) is 24.3 Å². The maximum atomic E-state index is 10.6. The molecule has 0 radical (unpaired) electrons. The van der Waals surface area contributed by atoms with Gasteiger partial charge < -0.3 is 15.6 Å². The highest BCUT2D eigenvalue weighted by atomic mass is 16.5. The molecule has 0 bridgehead atoms. The second-order valence-electron chi connectivity index (χ2n) is 5.04. The van der Waals surface area contributed by atoms with Gasteiger partial charge in [-0.25, -0.2) is 0 Å². The summed E-state index contributed by atoms with van der Waals surface area (Å²) in [6, 6.07) is 6.90. The maximum Gasteiger partial charge on any atom is 0.305 e. The highest BCUT2D eigenvalue weighted by molar-refractivity contribution is 5.67. The zero-order valence-electron chi connectivity index (χ0n) is 12.2. The summed E-state index contributed by atoms with van der Waals surface area (Å²) < 4.78 is 5.64. The van der Waals surface area contributed by atoms with Crippen LogP contribution in [0.4, 0.5) is 0 Å². The Bertz CT molecular complexity index is 389. The normalized spacial score (nSPS) is 12.1. The molecular weight excluding hydrogens is 254 g/mol. The molecule has 0 saturated carbocycles. The van der Waals surface area contributed by atoms with Crippen LogP contribution < -0.4 is 10.5 Å². The van der Waals surface area contributed by atoms with Gasteiger partial charge in [0.05, 0.1) is 13.0 Å². The lowest BCUT2D eigenvalue weighted by Gasteiger charge is -2.11. The number of unbranched alkanes of at least 4 members (excludes halogenated alkanes) is 4. The van der Waals surface area contributed by atoms with Crippen LogP contribution in [0, 0.1) is 0 Å². The molecular formula is C16H25NO3. The van der Waals surface area contributed by atoms with E-state index in [0.29, 0.717) is 0 Å². The van der Waals surface area contributed by atoms with E-state index in [4.69, 9.17) is 15.6 Å². The van der Waals surface area contributed by atoms with Gasteiger partial charge in [0.15, 0.2) is 0 Å². The molecule has 20 heavy (non-hydrogen) atoms. The van der Waals surface area contributed by atoms with Crippen molar-refractivity contribution in [3.05, 3.63) is 29.8 Å². The van der Waals surface area contributed by atoms with Crippen LogP contribution in [0.5, 0.6) is 5.75 Å². The topological polar surface area (TPSA) is 72.5 Å². The number of benzene rings is 1. The quantitative estimate of drug-likeness (QED) is 0.643. The molecule has 0 spiro atoms. The molecule has 1 aromatic rings. The van der Waals surface area contributed by atoms with Crippen molar-refractivity contribution in [3.63, 3.8) is 0 Å². The van der Waals surface area contributed by atoms with E-state index in [1.807, 2.05) is 24.3 Å². The van der Waals surface area contributed by atoms with Crippen LogP contribution in [-0.2, 0) is 4.79 Å². The van der Waals surface area contributed by atoms with Gasteiger partial charge in [0.2, 0.25) is 0 Å². The monoisotopic (exact) mass is 279 g/mol. The molecule has 0 heterocycles. The Morgan fingerprint density at radius 1 is 1.20 bits per heavy atom. The van der Waals surface area contributed by atoms with Crippen molar-refractivity contribution >= 4 is 5.97 Å². The van der Waals surface area contributed by atoms with Gasteiger partial charge in [0.1, 0.15) is 5.75 Å². The van der Waals surface area contributed by atoms with Gasteiger partial charge in [-0.15, -0.1) is 0 Å². The van der Waals surface area contributed by atoms with Crippen LogP contribution in [0.15, 0.2) is 24.3 Å². The van der Waals surface area contributed by atoms with Crippen LogP contribution in [0.1, 0.15) is 57.1 Å². The SMILES string of the molecule is CCCCCCCOc1ccc([C@H](N)CC(=O)O)cc1. The molecule has 3 N–H and O–H groups in total. The van der Waals surface area contributed by atoms with Crippen molar-refractivity contribution in [2.24, 2.45) is 5.73 Å². The summed E-state index contributed by atoms with van der Waals surface area (Å²) in [4.78, 5) is 10.6. The van der Waals surface area contributed by atoms with Crippen LogP contribution in [0.3, 0.4) is 0 Å². The average molecular weight is 279 g/mol. The van der Waals surface area contributed by atoms with Crippen molar-refractivity contribution < 1.29 is 14.6 Å². The second-order valence-corrected chi connectivity index (χ2v) is 5.04. The number of hydrogen-bond donors (Lipinski definition) is 2. The molecule has 1 rings (SSSR count). The second kappa shape index (κ2) is 9.37. The molecule has 0 amide bonds. The van der Waals surface area contributed by atoms with E-state index < -0.39 is 12.0 Å². The number of ether oxygens (including phenoxy) is 1. The lowest BCUT2D eigenvalue weighted by molar-refractivity contribution is -0.137. The molecule has 4 heteroatoms. The van der Waals surface area contributed by atoms with E-state index in [9.17, 15) is 4.79 Å². The van der Waals surface area contributed by atoms with Crippen LogP contribution in [0.2, 0.25) is 0 Å². The van der Waals surface area contributed by atoms with Crippen LogP contribution >= 0.6 is 0 Å². The van der Waals surface area contributed by atoms with E-state index in [2.05, 4.69) is 6.92 Å². The first-order valence-electron chi connectivity index (χ1n) is 7.33. The Kier molecular flexibility index (Phi) is 7.73. The number of carbonyl (C=O) groups is 1. The Morgan fingerprint density at radius 2 is 1.85 bits per heavy atom. The minimum atomic E-state index is -0.884. The lowest BCUT2D eigenvalue weighted by Crippen LogP contribution is -2.14. The standard InChI is InChI=1S/C16H25NO3/c1-2-3-4-5-6-11-20-14-9-7-13(8-10-14)15(17)12-16(18)19/h7-10,15H,2-6,11-12,17H2,1H3,(H,18,19)/t15-/m1/s1. The van der Waals surface area contributed by atoms with Crippen molar-refractivity contribution in [2.75, 3.05) is 6.61 Å². The van der Waals surface area contributed by atoms with Gasteiger partial charge >= 0.3 is 5.97 Å². The van der Waals surface area contributed by atoms with E-state index in [1.54, 1.807) is 0 Å². The fraction of sp³-hybridized carbons (Fsp3) is 0.562. The number of hydrogen-bond acceptors (Lipinski definition) is 3. The van der Waals surface area contributed by atoms with Crippen molar-refractivity contribution in [3.8, 4) is 5.75 Å². The molecule has 0 fully saturated rings. The third-order valence-electron chi connectivity index (χ3n) is 3.22.